The van der Waals surface area contributed by atoms with Gasteiger partial charge in [-0.25, -0.2) is 0 Å². The van der Waals surface area contributed by atoms with Crippen molar-refractivity contribution in [2.75, 3.05) is 13.1 Å². The molecule has 0 radical (unpaired) electrons. The van der Waals surface area contributed by atoms with Crippen LogP contribution in [-0.2, 0) is 17.9 Å². The fourth-order valence-corrected chi connectivity index (χ4v) is 4.01. The van der Waals surface area contributed by atoms with Gasteiger partial charge in [0.05, 0.1) is 30.5 Å². The monoisotopic (exact) mass is 387 g/mol. The van der Waals surface area contributed by atoms with Crippen LogP contribution in [0.3, 0.4) is 0 Å². The lowest BCUT2D eigenvalue weighted by Crippen LogP contribution is -2.40. The molecule has 150 valence electrons. The minimum Gasteiger partial charge on any atom is -0.469 e. The quantitative estimate of drug-likeness (QED) is 0.846. The van der Waals surface area contributed by atoms with E-state index in [-0.39, 0.29) is 23.8 Å². The van der Waals surface area contributed by atoms with Gasteiger partial charge in [-0.3, -0.25) is 9.59 Å². The van der Waals surface area contributed by atoms with Gasteiger partial charge in [-0.1, -0.05) is 13.8 Å². The number of aromatic nitrogens is 3. The van der Waals surface area contributed by atoms with Crippen molar-refractivity contribution in [1.29, 1.82) is 0 Å². The van der Waals surface area contributed by atoms with E-state index in [1.807, 2.05) is 18.4 Å². The van der Waals surface area contributed by atoms with Crippen molar-refractivity contribution in [2.45, 2.75) is 52.4 Å². The number of aliphatic hydroxyl groups is 1. The molecule has 0 unspecified atom stereocenters. The molecule has 2 aromatic rings. The zero-order valence-corrected chi connectivity index (χ0v) is 16.3. The molecule has 2 aliphatic heterocycles. The second-order valence-corrected chi connectivity index (χ2v) is 7.79. The number of nitrogens with zero attached hydrogens (tertiary/aromatic N) is 5. The number of hydrogen-bond donors (Lipinski definition) is 1. The first-order valence-corrected chi connectivity index (χ1v) is 9.60. The molecule has 0 saturated carbocycles. The number of aliphatic hydroxyl groups excluding tert-OH is 1. The second kappa shape index (κ2) is 7.05. The molecule has 1 saturated heterocycles. The summed E-state index contributed by atoms with van der Waals surface area (Å²) in [4.78, 5) is 28.7. The SMILES string of the molecule is Cc1occc1C(=O)N1CCn2c(nnc2[C@@H]2C[C@@H](O)CN2C(=O)C(C)C)C1. The summed E-state index contributed by atoms with van der Waals surface area (Å²) in [6, 6.07) is 1.39. The van der Waals surface area contributed by atoms with E-state index < -0.39 is 6.10 Å². The van der Waals surface area contributed by atoms with Gasteiger partial charge in [0.1, 0.15) is 5.76 Å². The first-order chi connectivity index (χ1) is 13.4. The molecule has 28 heavy (non-hydrogen) atoms. The first kappa shape index (κ1) is 18.7. The standard InChI is InChI=1S/C19H25N5O4/c1-11(2)18(26)24-9-13(25)8-15(24)17-21-20-16-10-22(5-6-23(16)17)19(27)14-4-7-28-12(14)3/h4,7,11,13,15,25H,5-6,8-10H2,1-3H3/t13-,15+/m1/s1. The Bertz CT molecular complexity index is 902. The van der Waals surface area contributed by atoms with Gasteiger partial charge >= 0.3 is 0 Å². The molecule has 0 bridgehead atoms. The zero-order valence-electron chi connectivity index (χ0n) is 16.3. The van der Waals surface area contributed by atoms with E-state index in [2.05, 4.69) is 10.2 Å². The number of hydrogen-bond acceptors (Lipinski definition) is 6. The molecule has 4 heterocycles. The van der Waals surface area contributed by atoms with Crippen LogP contribution < -0.4 is 0 Å². The van der Waals surface area contributed by atoms with E-state index in [0.717, 1.165) is 0 Å². The van der Waals surface area contributed by atoms with Crippen LogP contribution in [0.2, 0.25) is 0 Å². The maximum Gasteiger partial charge on any atom is 0.257 e. The van der Waals surface area contributed by atoms with E-state index in [9.17, 15) is 14.7 Å². The van der Waals surface area contributed by atoms with Crippen molar-refractivity contribution in [3.63, 3.8) is 0 Å². The first-order valence-electron chi connectivity index (χ1n) is 9.60. The van der Waals surface area contributed by atoms with Crippen LogP contribution in [0, 0.1) is 12.8 Å². The van der Waals surface area contributed by atoms with Gasteiger partial charge in [-0.05, 0) is 13.0 Å². The molecule has 0 aliphatic carbocycles. The molecule has 4 rings (SSSR count). The van der Waals surface area contributed by atoms with Crippen LogP contribution in [-0.4, -0.2) is 60.7 Å². The van der Waals surface area contributed by atoms with Gasteiger partial charge in [0.2, 0.25) is 5.91 Å². The number of aryl methyl sites for hydroxylation is 1. The van der Waals surface area contributed by atoms with Gasteiger partial charge in [-0.2, -0.15) is 0 Å². The third kappa shape index (κ3) is 3.09. The molecule has 1 N–H and O–H groups in total. The van der Waals surface area contributed by atoms with Crippen molar-refractivity contribution in [3.05, 3.63) is 35.3 Å². The van der Waals surface area contributed by atoms with Gasteiger partial charge in [0.25, 0.3) is 5.91 Å². The summed E-state index contributed by atoms with van der Waals surface area (Å²) in [5.74, 6) is 1.74. The summed E-state index contributed by atoms with van der Waals surface area (Å²) in [6.45, 7) is 7.21. The molecular weight excluding hydrogens is 362 g/mol. The van der Waals surface area contributed by atoms with Crippen molar-refractivity contribution in [3.8, 4) is 0 Å². The van der Waals surface area contributed by atoms with E-state index in [1.54, 1.807) is 22.8 Å². The maximum absolute atomic E-state index is 12.7. The highest BCUT2D eigenvalue weighted by Crippen LogP contribution is 2.33. The average Bonchev–Trinajstić information content (AvgIpc) is 3.37. The van der Waals surface area contributed by atoms with Crippen LogP contribution in [0.1, 0.15) is 54.1 Å². The minimum absolute atomic E-state index is 0.00180. The lowest BCUT2D eigenvalue weighted by Gasteiger charge is -2.30. The molecule has 9 nitrogen and oxygen atoms in total. The summed E-state index contributed by atoms with van der Waals surface area (Å²) in [7, 11) is 0. The molecule has 0 spiro atoms. The Morgan fingerprint density at radius 2 is 2.07 bits per heavy atom. The number of fused-ring (bicyclic) bond motifs is 1. The number of rotatable bonds is 3. The highest BCUT2D eigenvalue weighted by Gasteiger charge is 2.40. The Kier molecular flexibility index (Phi) is 4.70. The average molecular weight is 387 g/mol. The molecule has 2 aromatic heterocycles. The Balaban J connectivity index is 1.56. The van der Waals surface area contributed by atoms with Gasteiger partial charge in [0.15, 0.2) is 11.6 Å². The summed E-state index contributed by atoms with van der Waals surface area (Å²) >= 11 is 0. The van der Waals surface area contributed by atoms with Crippen LogP contribution in [0.5, 0.6) is 0 Å². The van der Waals surface area contributed by atoms with E-state index >= 15 is 0 Å². The second-order valence-electron chi connectivity index (χ2n) is 7.79. The molecule has 2 aliphatic rings. The number of carbonyl (C=O) groups excluding carboxylic acids is 2. The van der Waals surface area contributed by atoms with Crippen LogP contribution in [0.15, 0.2) is 16.7 Å². The third-order valence-electron chi connectivity index (χ3n) is 5.51. The largest absolute Gasteiger partial charge is 0.469 e. The van der Waals surface area contributed by atoms with Gasteiger partial charge in [-0.15, -0.1) is 10.2 Å². The lowest BCUT2D eigenvalue weighted by atomic mass is 10.1. The zero-order chi connectivity index (χ0) is 20.0. The normalized spacial score (nSPS) is 22.0. The molecule has 0 aromatic carbocycles. The molecular formula is C19H25N5O4. The maximum atomic E-state index is 12.7. The summed E-state index contributed by atoms with van der Waals surface area (Å²) in [5, 5.41) is 18.7. The summed E-state index contributed by atoms with van der Waals surface area (Å²) < 4.78 is 7.22. The Morgan fingerprint density at radius 1 is 1.29 bits per heavy atom. The Labute approximate surface area is 162 Å². The van der Waals surface area contributed by atoms with Crippen molar-refractivity contribution >= 4 is 11.8 Å². The van der Waals surface area contributed by atoms with E-state index in [0.29, 0.717) is 55.6 Å². The minimum atomic E-state index is -0.564. The van der Waals surface area contributed by atoms with Crippen LogP contribution in [0.25, 0.3) is 0 Å². The molecule has 2 amide bonds. The van der Waals surface area contributed by atoms with Crippen molar-refractivity contribution in [2.24, 2.45) is 5.92 Å². The summed E-state index contributed by atoms with van der Waals surface area (Å²) in [6.07, 6.45) is 1.40. The van der Waals surface area contributed by atoms with Gasteiger partial charge < -0.3 is 23.9 Å². The van der Waals surface area contributed by atoms with Gasteiger partial charge in [0, 0.05) is 32.0 Å². The third-order valence-corrected chi connectivity index (χ3v) is 5.51. The number of β-amino-alcohol motifs (C(OH)–C–C–N with tert-alkyl or cyclic N) is 1. The Hall–Kier alpha value is -2.68. The van der Waals surface area contributed by atoms with E-state index in [1.165, 1.54) is 6.26 Å². The molecule has 1 fully saturated rings. The number of carbonyl (C=O) groups is 2. The highest BCUT2D eigenvalue weighted by molar-refractivity contribution is 5.95. The number of furan rings is 1. The van der Waals surface area contributed by atoms with Crippen molar-refractivity contribution in [1.82, 2.24) is 24.6 Å². The smallest absolute Gasteiger partial charge is 0.257 e. The number of amides is 2. The predicted molar refractivity (Wildman–Crippen MR) is 98.1 cm³/mol. The fraction of sp³-hybridized carbons (Fsp3) is 0.579. The predicted octanol–water partition coefficient (Wildman–Crippen LogP) is 1.13. The van der Waals surface area contributed by atoms with Crippen LogP contribution >= 0.6 is 0 Å². The van der Waals surface area contributed by atoms with Crippen LogP contribution in [0.4, 0.5) is 0 Å². The van der Waals surface area contributed by atoms with Crippen molar-refractivity contribution < 1.29 is 19.1 Å². The lowest BCUT2D eigenvalue weighted by molar-refractivity contribution is -0.135. The summed E-state index contributed by atoms with van der Waals surface area (Å²) in [5.41, 5.74) is 0.556. The Morgan fingerprint density at radius 3 is 2.75 bits per heavy atom. The fourth-order valence-electron chi connectivity index (χ4n) is 4.01. The topological polar surface area (TPSA) is 105 Å². The molecule has 9 heteroatoms. The molecule has 2 atom stereocenters. The van der Waals surface area contributed by atoms with E-state index in [4.69, 9.17) is 4.42 Å². The highest BCUT2D eigenvalue weighted by atomic mass is 16.3. The number of likely N-dealkylation sites (tertiary alicyclic amines) is 1.